The van der Waals surface area contributed by atoms with Crippen molar-refractivity contribution in [2.24, 2.45) is 0 Å². The lowest BCUT2D eigenvalue weighted by atomic mass is 9.90. The topological polar surface area (TPSA) is 0 Å². The molecule has 4 heteroatoms. The molecular weight excluding hydrogens is 464 g/mol. The first-order valence-electron chi connectivity index (χ1n) is 8.10. The van der Waals surface area contributed by atoms with Crippen LogP contribution in [0, 0.1) is 27.7 Å². The fourth-order valence-corrected chi connectivity index (χ4v) is 7.11. The van der Waals surface area contributed by atoms with Crippen LogP contribution in [0.15, 0.2) is 21.1 Å². The lowest BCUT2D eigenvalue weighted by Gasteiger charge is -2.21. The van der Waals surface area contributed by atoms with Crippen LogP contribution in [0.4, 0.5) is 0 Å². The number of hydrogen-bond donors (Lipinski definition) is 0. The Balaban J connectivity index is 2.06. The molecule has 4 bridgehead atoms. The van der Waals surface area contributed by atoms with E-state index in [1.54, 1.807) is 0 Å². The van der Waals surface area contributed by atoms with Crippen LogP contribution in [-0.2, 0) is 23.0 Å². The fourth-order valence-electron chi connectivity index (χ4n) is 3.28. The average Bonchev–Trinajstić information content (AvgIpc) is 2.55. The molecule has 0 unspecified atom stereocenters. The van der Waals surface area contributed by atoms with E-state index in [-0.39, 0.29) is 0 Å². The lowest BCUT2D eigenvalue weighted by molar-refractivity contribution is 1.10. The fraction of sp³-hybridized carbons (Fsp3) is 0.400. The zero-order valence-corrected chi connectivity index (χ0v) is 19.4. The summed E-state index contributed by atoms with van der Waals surface area (Å²) in [6, 6.07) is 4.58. The molecule has 0 saturated heterocycles. The molecule has 24 heavy (non-hydrogen) atoms. The summed E-state index contributed by atoms with van der Waals surface area (Å²) in [6.45, 7) is 9.21. The third-order valence-corrected chi connectivity index (χ3v) is 8.65. The molecule has 4 aliphatic heterocycles. The van der Waals surface area contributed by atoms with E-state index in [1.807, 2.05) is 23.5 Å². The molecular formula is C20H22Br2S2. The van der Waals surface area contributed by atoms with Crippen molar-refractivity contribution in [3.05, 3.63) is 65.6 Å². The Hall–Kier alpha value is 0.1000. The van der Waals surface area contributed by atoms with Gasteiger partial charge in [0.05, 0.1) is 0 Å². The van der Waals surface area contributed by atoms with Gasteiger partial charge in [0.25, 0.3) is 0 Å². The zero-order valence-electron chi connectivity index (χ0n) is 14.6. The van der Waals surface area contributed by atoms with Crippen LogP contribution in [0.2, 0.25) is 0 Å². The quantitative estimate of drug-likeness (QED) is 0.376. The molecule has 0 nitrogen and oxygen atoms in total. The maximum atomic E-state index is 3.77. The van der Waals surface area contributed by atoms with E-state index in [0.29, 0.717) is 0 Å². The van der Waals surface area contributed by atoms with Crippen molar-refractivity contribution < 1.29 is 0 Å². The van der Waals surface area contributed by atoms with Gasteiger partial charge in [-0.3, -0.25) is 0 Å². The first kappa shape index (κ1) is 18.9. The number of thioether (sulfide) groups is 2. The van der Waals surface area contributed by atoms with Crippen molar-refractivity contribution in [3.8, 4) is 0 Å². The highest BCUT2D eigenvalue weighted by Gasteiger charge is 2.16. The maximum absolute atomic E-state index is 3.77. The van der Waals surface area contributed by atoms with Gasteiger partial charge in [-0.15, -0.1) is 0 Å². The van der Waals surface area contributed by atoms with Crippen molar-refractivity contribution in [3.63, 3.8) is 0 Å². The first-order chi connectivity index (χ1) is 11.4. The predicted octanol–water partition coefficient (Wildman–Crippen LogP) is 7.63. The van der Waals surface area contributed by atoms with Gasteiger partial charge in [0, 0.05) is 32.0 Å². The number of benzene rings is 2. The monoisotopic (exact) mass is 484 g/mol. The third kappa shape index (κ3) is 3.62. The summed E-state index contributed by atoms with van der Waals surface area (Å²) >= 11 is 11.6. The Bertz CT molecular complexity index is 701. The number of hydrogen-bond acceptors (Lipinski definition) is 2. The van der Waals surface area contributed by atoms with Crippen molar-refractivity contribution >= 4 is 55.4 Å². The summed E-state index contributed by atoms with van der Waals surface area (Å²) in [6.07, 6.45) is 0. The Labute approximate surface area is 170 Å². The van der Waals surface area contributed by atoms with Crippen molar-refractivity contribution in [1.29, 1.82) is 0 Å². The van der Waals surface area contributed by atoms with E-state index in [0.717, 1.165) is 23.0 Å². The van der Waals surface area contributed by atoms with Gasteiger partial charge in [-0.1, -0.05) is 31.9 Å². The molecule has 4 aliphatic rings. The van der Waals surface area contributed by atoms with Gasteiger partial charge < -0.3 is 0 Å². The predicted molar refractivity (Wildman–Crippen MR) is 117 cm³/mol. The largest absolute Gasteiger partial charge is 0.152 e. The Morgan fingerprint density at radius 1 is 0.625 bits per heavy atom. The van der Waals surface area contributed by atoms with Crippen LogP contribution in [0.25, 0.3) is 0 Å². The van der Waals surface area contributed by atoms with Gasteiger partial charge in [-0.05, 0) is 84.3 Å². The van der Waals surface area contributed by atoms with Crippen LogP contribution in [0.3, 0.4) is 0 Å². The number of halogens is 2. The molecule has 0 fully saturated rings. The average molecular weight is 486 g/mol. The molecule has 0 radical (unpaired) electrons. The van der Waals surface area contributed by atoms with Crippen LogP contribution in [-0.4, -0.2) is 0 Å². The second-order valence-electron chi connectivity index (χ2n) is 6.48. The molecule has 128 valence electrons. The first-order valence-corrected chi connectivity index (χ1v) is 12.0. The minimum Gasteiger partial charge on any atom is -0.152 e. The molecule has 0 amide bonds. The summed E-state index contributed by atoms with van der Waals surface area (Å²) in [4.78, 5) is 0. The molecule has 0 aliphatic carbocycles. The Morgan fingerprint density at radius 2 is 0.958 bits per heavy atom. The smallest absolute Gasteiger partial charge is 0.0219 e. The van der Waals surface area contributed by atoms with Crippen molar-refractivity contribution in [2.45, 2.75) is 50.7 Å². The highest BCUT2D eigenvalue weighted by atomic mass is 79.9. The normalized spacial score (nSPS) is 14.9. The maximum Gasteiger partial charge on any atom is 0.0219 e. The molecule has 2 aromatic rings. The molecule has 0 saturated carbocycles. The van der Waals surface area contributed by atoms with E-state index in [4.69, 9.17) is 0 Å². The summed E-state index contributed by atoms with van der Waals surface area (Å²) in [5.41, 5.74) is 11.8. The van der Waals surface area contributed by atoms with Crippen molar-refractivity contribution in [1.82, 2.24) is 0 Å². The summed E-state index contributed by atoms with van der Waals surface area (Å²) in [7, 11) is 0. The molecule has 0 aromatic heterocycles. The Kier molecular flexibility index (Phi) is 6.11. The second-order valence-corrected chi connectivity index (χ2v) is 10.2. The highest BCUT2D eigenvalue weighted by Crippen LogP contribution is 2.36. The van der Waals surface area contributed by atoms with Gasteiger partial charge in [-0.2, -0.15) is 23.5 Å². The van der Waals surface area contributed by atoms with Gasteiger partial charge >= 0.3 is 0 Å². The van der Waals surface area contributed by atoms with E-state index in [9.17, 15) is 0 Å². The van der Waals surface area contributed by atoms with Gasteiger partial charge in [-0.25, -0.2) is 0 Å². The highest BCUT2D eigenvalue weighted by molar-refractivity contribution is 9.11. The Morgan fingerprint density at radius 3 is 1.29 bits per heavy atom. The second kappa shape index (κ2) is 7.77. The van der Waals surface area contributed by atoms with Crippen LogP contribution in [0.1, 0.15) is 44.5 Å². The molecule has 6 rings (SSSR count). The summed E-state index contributed by atoms with van der Waals surface area (Å²) < 4.78 is 2.47. The van der Waals surface area contributed by atoms with Crippen LogP contribution in [0.5, 0.6) is 0 Å². The number of rotatable bonds is 0. The molecule has 2 aromatic carbocycles. The van der Waals surface area contributed by atoms with Crippen LogP contribution < -0.4 is 0 Å². The zero-order chi connectivity index (χ0) is 17.4. The van der Waals surface area contributed by atoms with E-state index < -0.39 is 0 Å². The van der Waals surface area contributed by atoms with Crippen molar-refractivity contribution in [2.75, 3.05) is 0 Å². The minimum atomic E-state index is 1.03. The van der Waals surface area contributed by atoms with E-state index in [2.05, 4.69) is 71.7 Å². The van der Waals surface area contributed by atoms with Crippen LogP contribution >= 0.6 is 55.4 Å². The lowest BCUT2D eigenvalue weighted by Crippen LogP contribution is -2.05. The standard InChI is InChI=1S/C20H22Br2S2/c1-11-12(2)18-10-24-8-16-6-19(21)15(5-20(16)22)7-23-9-17(11)13(3)14(18)4/h5-6H,7-10H2,1-4H3. The molecule has 0 atom stereocenters. The molecule has 0 spiro atoms. The van der Waals surface area contributed by atoms with E-state index >= 15 is 0 Å². The third-order valence-electron chi connectivity index (χ3n) is 5.16. The van der Waals surface area contributed by atoms with Gasteiger partial charge in [0.2, 0.25) is 0 Å². The summed E-state index contributed by atoms with van der Waals surface area (Å²) in [5, 5.41) is 0. The minimum absolute atomic E-state index is 1.03. The SMILES string of the molecule is Cc1c(C)c2c(C)c(C)c1CSCc1cc(Br)c(cc1Br)CSC2. The van der Waals surface area contributed by atoms with Gasteiger partial charge in [0.1, 0.15) is 0 Å². The van der Waals surface area contributed by atoms with Gasteiger partial charge in [0.15, 0.2) is 0 Å². The molecule has 0 N–H and O–H groups in total. The molecule has 4 heterocycles. The van der Waals surface area contributed by atoms with E-state index in [1.165, 1.54) is 53.5 Å². The summed E-state index contributed by atoms with van der Waals surface area (Å²) in [5.74, 6) is 4.23.